The molecule has 4 atom stereocenters. The lowest BCUT2D eigenvalue weighted by Crippen LogP contribution is -2.57. The smallest absolute Gasteiger partial charge is 0.197 e. The molecule has 1 saturated heterocycles. The lowest BCUT2D eigenvalue weighted by atomic mass is 9.91. The quantitative estimate of drug-likeness (QED) is 0.513. The summed E-state index contributed by atoms with van der Waals surface area (Å²) < 4.78 is 16.7. The molecule has 30 heavy (non-hydrogen) atoms. The predicted molar refractivity (Wildman–Crippen MR) is 116 cm³/mol. The van der Waals surface area contributed by atoms with Gasteiger partial charge in [-0.1, -0.05) is 42.0 Å². The summed E-state index contributed by atoms with van der Waals surface area (Å²) in [5, 5.41) is 30.1. The van der Waals surface area contributed by atoms with E-state index in [-0.39, 0.29) is 6.42 Å². The van der Waals surface area contributed by atoms with Crippen LogP contribution >= 0.6 is 11.6 Å². The summed E-state index contributed by atoms with van der Waals surface area (Å²) in [6, 6.07) is 7.85. The van der Waals surface area contributed by atoms with Crippen molar-refractivity contribution in [2.45, 2.75) is 50.8 Å². The fraction of sp³-hybridized carbons (Fsp3) is 0.478. The molecule has 0 aromatic heterocycles. The zero-order chi connectivity index (χ0) is 22.3. The first-order valence-electron chi connectivity index (χ1n) is 9.90. The van der Waals surface area contributed by atoms with E-state index in [4.69, 9.17) is 25.8 Å². The molecule has 0 spiro atoms. The van der Waals surface area contributed by atoms with Crippen LogP contribution in [0.4, 0.5) is 0 Å². The van der Waals surface area contributed by atoms with Crippen LogP contribution in [0.5, 0.6) is 5.75 Å². The van der Waals surface area contributed by atoms with Gasteiger partial charge in [0.15, 0.2) is 5.79 Å². The maximum absolute atomic E-state index is 10.1. The number of methoxy groups -OCH3 is 1. The zero-order valence-corrected chi connectivity index (χ0v) is 18.4. The van der Waals surface area contributed by atoms with Crippen LogP contribution in [0, 0.1) is 0 Å². The molecule has 3 N–H and O–H groups in total. The van der Waals surface area contributed by atoms with Gasteiger partial charge in [0.25, 0.3) is 0 Å². The second-order valence-electron chi connectivity index (χ2n) is 7.30. The number of aliphatic hydroxyl groups excluding tert-OH is 3. The number of aliphatic hydroxyl groups is 3. The van der Waals surface area contributed by atoms with Gasteiger partial charge in [-0.25, -0.2) is 0 Å². The molecule has 166 valence electrons. The minimum atomic E-state index is -1.36. The van der Waals surface area contributed by atoms with Gasteiger partial charge in [-0.2, -0.15) is 0 Å². The van der Waals surface area contributed by atoms with Crippen LogP contribution in [-0.2, 0) is 15.9 Å². The number of rotatable bonds is 9. The molecule has 1 aliphatic heterocycles. The van der Waals surface area contributed by atoms with Gasteiger partial charge in [0, 0.05) is 24.1 Å². The van der Waals surface area contributed by atoms with Crippen LogP contribution in [0.1, 0.15) is 25.8 Å². The van der Waals surface area contributed by atoms with E-state index in [1.807, 2.05) is 38.1 Å². The molecule has 1 fully saturated rings. The summed E-state index contributed by atoms with van der Waals surface area (Å²) in [5.41, 5.74) is 2.49. The highest BCUT2D eigenvalue weighted by molar-refractivity contribution is 6.31. The average molecular weight is 439 g/mol. The van der Waals surface area contributed by atoms with E-state index in [1.165, 1.54) is 7.11 Å². The normalized spacial score (nSPS) is 27.8. The number of halogens is 1. The first-order chi connectivity index (χ1) is 14.3. The maximum atomic E-state index is 10.1. The summed E-state index contributed by atoms with van der Waals surface area (Å²) in [6.45, 7) is 8.04. The van der Waals surface area contributed by atoms with E-state index in [0.29, 0.717) is 23.6 Å². The number of hydrogen-bond acceptors (Lipinski definition) is 6. The zero-order valence-electron chi connectivity index (χ0n) is 17.7. The van der Waals surface area contributed by atoms with Crippen molar-refractivity contribution in [3.63, 3.8) is 0 Å². The molecule has 1 aliphatic rings. The number of benzene rings is 1. The Balaban J connectivity index is 2.10. The van der Waals surface area contributed by atoms with Gasteiger partial charge < -0.3 is 29.5 Å². The summed E-state index contributed by atoms with van der Waals surface area (Å²) in [6.07, 6.45) is 0.715. The first kappa shape index (κ1) is 24.6. The molecular weight excluding hydrogens is 408 g/mol. The van der Waals surface area contributed by atoms with Crippen molar-refractivity contribution in [2.24, 2.45) is 0 Å². The first-order valence-corrected chi connectivity index (χ1v) is 10.3. The maximum Gasteiger partial charge on any atom is 0.197 e. The third-order valence-corrected chi connectivity index (χ3v) is 5.58. The highest BCUT2D eigenvalue weighted by Gasteiger charge is 2.47. The predicted octanol–water partition coefficient (Wildman–Crippen LogP) is 3.10. The molecule has 1 heterocycles. The standard InChI is InChI=1S/C23H31ClO6/c1-5-29-18-9-7-17(8-10-18)12-15(2)19(24)11-6-16(3)23(28-4)13-20(26)22(27)21(14-25)30-23/h6-11,20-22,25-27H,3,5,12-14H2,1-2,4H3/b11-6-,19-15-/t20-,21?,22+,23-/m1/s1. The Labute approximate surface area is 183 Å². The molecule has 1 unspecified atom stereocenters. The van der Waals surface area contributed by atoms with Gasteiger partial charge in [0.05, 0.1) is 19.3 Å². The minimum Gasteiger partial charge on any atom is -0.494 e. The summed E-state index contributed by atoms with van der Waals surface area (Å²) in [7, 11) is 1.42. The Morgan fingerprint density at radius 3 is 2.53 bits per heavy atom. The van der Waals surface area contributed by atoms with E-state index < -0.39 is 30.7 Å². The monoisotopic (exact) mass is 438 g/mol. The fourth-order valence-corrected chi connectivity index (χ4v) is 3.45. The van der Waals surface area contributed by atoms with Gasteiger partial charge in [-0.15, -0.1) is 0 Å². The van der Waals surface area contributed by atoms with Gasteiger partial charge in [-0.05, 0) is 44.0 Å². The summed E-state index contributed by atoms with van der Waals surface area (Å²) in [4.78, 5) is 0. The Morgan fingerprint density at radius 1 is 1.30 bits per heavy atom. The van der Waals surface area contributed by atoms with Gasteiger partial charge in [0.2, 0.25) is 0 Å². The van der Waals surface area contributed by atoms with Gasteiger partial charge in [-0.3, -0.25) is 0 Å². The Morgan fingerprint density at radius 2 is 1.97 bits per heavy atom. The molecule has 1 aromatic carbocycles. The highest BCUT2D eigenvalue weighted by Crippen LogP contribution is 2.36. The second-order valence-corrected chi connectivity index (χ2v) is 7.71. The van der Waals surface area contributed by atoms with Crippen LogP contribution in [0.15, 0.2) is 59.2 Å². The minimum absolute atomic E-state index is 0.0170. The van der Waals surface area contributed by atoms with Crippen LogP contribution in [0.3, 0.4) is 0 Å². The lowest BCUT2D eigenvalue weighted by molar-refractivity contribution is -0.295. The number of allylic oxidation sites excluding steroid dienone is 3. The van der Waals surface area contributed by atoms with Crippen LogP contribution in [0.25, 0.3) is 0 Å². The van der Waals surface area contributed by atoms with E-state index >= 15 is 0 Å². The lowest BCUT2D eigenvalue weighted by Gasteiger charge is -2.44. The van der Waals surface area contributed by atoms with Crippen LogP contribution < -0.4 is 4.74 Å². The molecule has 0 amide bonds. The third-order valence-electron chi connectivity index (χ3n) is 5.14. The van der Waals surface area contributed by atoms with Crippen molar-refractivity contribution in [1.82, 2.24) is 0 Å². The molecule has 0 radical (unpaired) electrons. The SMILES string of the molecule is C=C(/C=C\C(Cl)=C(/C)Cc1ccc(OCC)cc1)[C@@]1(OC)C[C@@H](O)[C@H](O)C(CO)O1. The largest absolute Gasteiger partial charge is 0.494 e. The van der Waals surface area contributed by atoms with E-state index in [9.17, 15) is 15.3 Å². The summed E-state index contributed by atoms with van der Waals surface area (Å²) >= 11 is 6.46. The topological polar surface area (TPSA) is 88.4 Å². The third kappa shape index (κ3) is 5.94. The van der Waals surface area contributed by atoms with Gasteiger partial charge in [0.1, 0.15) is 18.0 Å². The number of ether oxygens (including phenoxy) is 3. The van der Waals surface area contributed by atoms with Crippen molar-refractivity contribution < 1.29 is 29.5 Å². The average Bonchev–Trinajstić information content (AvgIpc) is 2.75. The van der Waals surface area contributed by atoms with Crippen molar-refractivity contribution in [3.8, 4) is 5.75 Å². The van der Waals surface area contributed by atoms with E-state index in [2.05, 4.69) is 6.58 Å². The van der Waals surface area contributed by atoms with Crippen molar-refractivity contribution in [2.75, 3.05) is 20.3 Å². The molecule has 7 heteroatoms. The van der Waals surface area contributed by atoms with Gasteiger partial charge >= 0.3 is 0 Å². The highest BCUT2D eigenvalue weighted by atomic mass is 35.5. The van der Waals surface area contributed by atoms with Crippen molar-refractivity contribution in [3.05, 3.63) is 64.7 Å². The van der Waals surface area contributed by atoms with E-state index in [1.54, 1.807) is 12.2 Å². The molecule has 1 aromatic rings. The Bertz CT molecular complexity index is 772. The molecular formula is C23H31ClO6. The molecule has 0 saturated carbocycles. The molecule has 6 nitrogen and oxygen atoms in total. The molecule has 0 aliphatic carbocycles. The molecule has 0 bridgehead atoms. The van der Waals surface area contributed by atoms with Crippen LogP contribution in [0.2, 0.25) is 0 Å². The molecule has 2 rings (SSSR count). The Hall–Kier alpha value is -1.67. The van der Waals surface area contributed by atoms with E-state index in [0.717, 1.165) is 16.9 Å². The van der Waals surface area contributed by atoms with Crippen molar-refractivity contribution >= 4 is 11.6 Å². The Kier molecular flexibility index (Phi) is 9.09. The number of hydrogen-bond donors (Lipinski definition) is 3. The summed E-state index contributed by atoms with van der Waals surface area (Å²) in [5.74, 6) is -0.529. The second kappa shape index (κ2) is 11.1. The van der Waals surface area contributed by atoms with Crippen LogP contribution in [-0.4, -0.2) is 59.7 Å². The fourth-order valence-electron chi connectivity index (χ4n) is 3.32. The van der Waals surface area contributed by atoms with Crippen molar-refractivity contribution in [1.29, 1.82) is 0 Å².